The summed E-state index contributed by atoms with van der Waals surface area (Å²) in [5, 5.41) is 0. The molecular weight excluding hydrogens is 148 g/mol. The van der Waals surface area contributed by atoms with Gasteiger partial charge in [0, 0.05) is 0 Å². The van der Waals surface area contributed by atoms with Crippen LogP contribution in [-0.4, -0.2) is 12.7 Å². The van der Waals surface area contributed by atoms with Crippen LogP contribution in [0.4, 0.5) is 0 Å². The van der Waals surface area contributed by atoms with Crippen LogP contribution in [0, 0.1) is 0 Å². The van der Waals surface area contributed by atoms with Crippen molar-refractivity contribution in [1.29, 1.82) is 0 Å². The number of hydrogen-bond acceptors (Lipinski definition) is 1. The fourth-order valence-corrected chi connectivity index (χ4v) is 1.23. The molecule has 62 valence electrons. The molecule has 1 unspecified atom stereocenters. The van der Waals surface area contributed by atoms with Gasteiger partial charge in [0.25, 0.3) is 0 Å². The van der Waals surface area contributed by atoms with Gasteiger partial charge in [0.05, 0.1) is 12.7 Å². The Morgan fingerprint density at radius 1 is 1.42 bits per heavy atom. The molecule has 1 atom stereocenters. The molecule has 1 saturated heterocycles. The van der Waals surface area contributed by atoms with Gasteiger partial charge in [-0.25, -0.2) is 0 Å². The topological polar surface area (TPSA) is 12.5 Å². The van der Waals surface area contributed by atoms with E-state index >= 15 is 0 Å². The van der Waals surface area contributed by atoms with E-state index in [1.54, 1.807) is 0 Å². The highest BCUT2D eigenvalue weighted by atomic mass is 16.6. The zero-order valence-corrected chi connectivity index (χ0v) is 7.16. The van der Waals surface area contributed by atoms with Crippen LogP contribution in [0.2, 0.25) is 0 Å². The van der Waals surface area contributed by atoms with Crippen LogP contribution >= 0.6 is 0 Å². The van der Waals surface area contributed by atoms with Gasteiger partial charge in [0.15, 0.2) is 0 Å². The van der Waals surface area contributed by atoms with Crippen molar-refractivity contribution in [3.8, 4) is 0 Å². The molecule has 0 spiro atoms. The predicted molar refractivity (Wildman–Crippen MR) is 49.8 cm³/mol. The minimum absolute atomic E-state index is 0.380. The maximum Gasteiger partial charge on any atom is 0.0996 e. The number of ether oxygens (including phenoxy) is 1. The molecule has 0 radical (unpaired) electrons. The lowest BCUT2D eigenvalue weighted by atomic mass is 10.1. The van der Waals surface area contributed by atoms with Crippen molar-refractivity contribution < 1.29 is 4.74 Å². The zero-order valence-electron chi connectivity index (χ0n) is 7.16. The molecule has 0 N–H and O–H groups in total. The molecule has 0 saturated carbocycles. The van der Waals surface area contributed by atoms with E-state index in [4.69, 9.17) is 4.74 Å². The van der Waals surface area contributed by atoms with Crippen molar-refractivity contribution in [2.75, 3.05) is 6.61 Å². The van der Waals surface area contributed by atoms with E-state index in [1.807, 2.05) is 6.07 Å². The Morgan fingerprint density at radius 3 is 2.67 bits per heavy atom. The smallest absolute Gasteiger partial charge is 0.0996 e. The van der Waals surface area contributed by atoms with Crippen LogP contribution in [-0.2, 0) is 4.74 Å². The van der Waals surface area contributed by atoms with Crippen molar-refractivity contribution in [2.45, 2.75) is 13.0 Å². The summed E-state index contributed by atoms with van der Waals surface area (Å²) in [6, 6.07) is 10.4. The third kappa shape index (κ3) is 1.74. The number of benzene rings is 1. The van der Waals surface area contributed by atoms with Gasteiger partial charge in [-0.05, 0) is 18.1 Å². The Bertz CT molecular complexity index is 283. The van der Waals surface area contributed by atoms with Crippen molar-refractivity contribution in [2.24, 2.45) is 0 Å². The molecular formula is C11H12O. The van der Waals surface area contributed by atoms with Crippen LogP contribution < -0.4 is 0 Å². The normalized spacial score (nSPS) is 22.4. The first-order valence-electron chi connectivity index (χ1n) is 4.22. The molecule has 2 rings (SSSR count). The van der Waals surface area contributed by atoms with Crippen LogP contribution in [0.3, 0.4) is 0 Å². The van der Waals surface area contributed by atoms with E-state index in [1.165, 1.54) is 11.1 Å². The Balaban J connectivity index is 2.18. The van der Waals surface area contributed by atoms with Gasteiger partial charge in [0.1, 0.15) is 0 Å². The number of epoxide rings is 1. The van der Waals surface area contributed by atoms with Crippen LogP contribution in [0.5, 0.6) is 0 Å². The molecule has 1 aromatic rings. The molecule has 1 heterocycles. The fraction of sp³-hybridized carbons (Fsp3) is 0.273. The third-order valence-electron chi connectivity index (χ3n) is 2.02. The Kier molecular flexibility index (Phi) is 1.96. The van der Waals surface area contributed by atoms with Gasteiger partial charge in [-0.3, -0.25) is 0 Å². The quantitative estimate of drug-likeness (QED) is 0.605. The highest BCUT2D eigenvalue weighted by Crippen LogP contribution is 2.19. The lowest BCUT2D eigenvalue weighted by Gasteiger charge is -1.98. The predicted octanol–water partition coefficient (Wildman–Crippen LogP) is 2.49. The summed E-state index contributed by atoms with van der Waals surface area (Å²) in [6.45, 7) is 3.02. The molecule has 1 aliphatic heterocycles. The Morgan fingerprint density at radius 2 is 2.08 bits per heavy atom. The summed E-state index contributed by atoms with van der Waals surface area (Å²) in [7, 11) is 0. The first-order valence-corrected chi connectivity index (χ1v) is 4.22. The van der Waals surface area contributed by atoms with Gasteiger partial charge < -0.3 is 4.74 Å². The van der Waals surface area contributed by atoms with E-state index < -0.39 is 0 Å². The van der Waals surface area contributed by atoms with Crippen molar-refractivity contribution >= 4 is 5.57 Å². The maximum atomic E-state index is 5.12. The average Bonchev–Trinajstić information content (AvgIpc) is 2.90. The van der Waals surface area contributed by atoms with E-state index in [9.17, 15) is 0 Å². The van der Waals surface area contributed by atoms with E-state index in [-0.39, 0.29) is 0 Å². The zero-order chi connectivity index (χ0) is 8.39. The summed E-state index contributed by atoms with van der Waals surface area (Å²) in [6.07, 6.45) is 2.56. The van der Waals surface area contributed by atoms with Crippen LogP contribution in [0.1, 0.15) is 12.5 Å². The Hall–Kier alpha value is -1.08. The molecule has 1 nitrogen and oxygen atoms in total. The molecule has 1 aliphatic rings. The summed E-state index contributed by atoms with van der Waals surface area (Å²) in [5.41, 5.74) is 2.59. The highest BCUT2D eigenvalue weighted by molar-refractivity contribution is 5.64. The van der Waals surface area contributed by atoms with Crippen molar-refractivity contribution in [3.05, 3.63) is 42.0 Å². The molecule has 1 aromatic carbocycles. The molecule has 0 aliphatic carbocycles. The SMILES string of the molecule is CC(=CC1CO1)c1ccccc1. The minimum Gasteiger partial charge on any atom is -0.369 e. The molecule has 0 amide bonds. The number of rotatable bonds is 2. The van der Waals surface area contributed by atoms with Gasteiger partial charge in [-0.2, -0.15) is 0 Å². The summed E-state index contributed by atoms with van der Waals surface area (Å²) in [5.74, 6) is 0. The monoisotopic (exact) mass is 160 g/mol. The molecule has 1 fully saturated rings. The van der Waals surface area contributed by atoms with Gasteiger partial charge in [0.2, 0.25) is 0 Å². The minimum atomic E-state index is 0.380. The first-order chi connectivity index (χ1) is 5.86. The standard InChI is InChI=1S/C11H12O/c1-9(7-11-8-12-11)10-5-3-2-4-6-10/h2-7,11H,8H2,1H3. The second kappa shape index (κ2) is 3.11. The van der Waals surface area contributed by atoms with Crippen LogP contribution in [0.25, 0.3) is 5.57 Å². The van der Waals surface area contributed by atoms with Gasteiger partial charge in [-0.15, -0.1) is 0 Å². The van der Waals surface area contributed by atoms with Gasteiger partial charge in [-0.1, -0.05) is 36.4 Å². The lowest BCUT2D eigenvalue weighted by Crippen LogP contribution is -1.82. The molecule has 0 aromatic heterocycles. The summed E-state index contributed by atoms with van der Waals surface area (Å²) < 4.78 is 5.12. The second-order valence-corrected chi connectivity index (χ2v) is 3.09. The molecule has 1 heteroatoms. The van der Waals surface area contributed by atoms with Crippen molar-refractivity contribution in [1.82, 2.24) is 0 Å². The van der Waals surface area contributed by atoms with Crippen LogP contribution in [0.15, 0.2) is 36.4 Å². The van der Waals surface area contributed by atoms with E-state index in [0.29, 0.717) is 6.10 Å². The molecule has 12 heavy (non-hydrogen) atoms. The summed E-state index contributed by atoms with van der Waals surface area (Å²) in [4.78, 5) is 0. The highest BCUT2D eigenvalue weighted by Gasteiger charge is 2.19. The van der Waals surface area contributed by atoms with Gasteiger partial charge >= 0.3 is 0 Å². The fourth-order valence-electron chi connectivity index (χ4n) is 1.23. The number of hydrogen-bond donors (Lipinski definition) is 0. The third-order valence-corrected chi connectivity index (χ3v) is 2.02. The maximum absolute atomic E-state index is 5.12. The largest absolute Gasteiger partial charge is 0.369 e. The average molecular weight is 160 g/mol. The molecule has 0 bridgehead atoms. The number of allylic oxidation sites excluding steroid dienone is 1. The van der Waals surface area contributed by atoms with E-state index in [2.05, 4.69) is 37.3 Å². The van der Waals surface area contributed by atoms with Crippen molar-refractivity contribution in [3.63, 3.8) is 0 Å². The Labute approximate surface area is 72.7 Å². The first kappa shape index (κ1) is 7.56. The van der Waals surface area contributed by atoms with E-state index in [0.717, 1.165) is 6.61 Å². The second-order valence-electron chi connectivity index (χ2n) is 3.09. The summed E-state index contributed by atoms with van der Waals surface area (Å²) >= 11 is 0. The lowest BCUT2D eigenvalue weighted by molar-refractivity contribution is 0.440.